The third-order valence-electron chi connectivity index (χ3n) is 2.09. The standard InChI is InChI=1S/C11H8O3.Li.H/c12-10-6-8-4-2-1-3-7(8)5-9(10)11(13)14;;/h1-6,12H,(H,13,14);;. The molecule has 0 saturated heterocycles. The molecule has 0 unspecified atom stereocenters. The summed E-state index contributed by atoms with van der Waals surface area (Å²) < 4.78 is 0. The zero-order valence-corrected chi connectivity index (χ0v) is 7.27. The third-order valence-corrected chi connectivity index (χ3v) is 2.09. The Morgan fingerprint density at radius 1 is 1.07 bits per heavy atom. The van der Waals surface area contributed by atoms with Gasteiger partial charge in [-0.05, 0) is 22.9 Å². The van der Waals surface area contributed by atoms with Gasteiger partial charge in [0.05, 0.1) is 0 Å². The van der Waals surface area contributed by atoms with E-state index in [1.165, 1.54) is 12.1 Å². The molecular formula is C11H9LiO3. The van der Waals surface area contributed by atoms with Crippen molar-refractivity contribution in [3.05, 3.63) is 42.0 Å². The van der Waals surface area contributed by atoms with Gasteiger partial charge in [-0.15, -0.1) is 0 Å². The molecule has 2 aromatic rings. The van der Waals surface area contributed by atoms with E-state index in [1.54, 1.807) is 6.07 Å². The molecular weight excluding hydrogens is 187 g/mol. The first-order valence-corrected chi connectivity index (χ1v) is 4.13. The van der Waals surface area contributed by atoms with Crippen molar-refractivity contribution < 1.29 is 15.0 Å². The third kappa shape index (κ3) is 2.15. The Morgan fingerprint density at radius 2 is 1.60 bits per heavy atom. The van der Waals surface area contributed by atoms with Crippen molar-refractivity contribution in [2.24, 2.45) is 0 Å². The van der Waals surface area contributed by atoms with Crippen LogP contribution in [0.1, 0.15) is 10.4 Å². The molecule has 0 spiro atoms. The molecule has 0 aliphatic carbocycles. The van der Waals surface area contributed by atoms with Crippen molar-refractivity contribution in [1.82, 2.24) is 0 Å². The van der Waals surface area contributed by atoms with E-state index in [1.807, 2.05) is 18.2 Å². The summed E-state index contributed by atoms with van der Waals surface area (Å²) >= 11 is 0. The van der Waals surface area contributed by atoms with Gasteiger partial charge in [-0.25, -0.2) is 4.79 Å². The molecule has 2 N–H and O–H groups in total. The molecule has 3 nitrogen and oxygen atoms in total. The first-order valence-electron chi connectivity index (χ1n) is 4.13. The minimum atomic E-state index is -1.12. The number of rotatable bonds is 1. The van der Waals surface area contributed by atoms with E-state index < -0.39 is 5.97 Å². The molecule has 4 heteroatoms. The second-order valence-corrected chi connectivity index (χ2v) is 3.02. The van der Waals surface area contributed by atoms with Crippen molar-refractivity contribution in [2.75, 3.05) is 0 Å². The van der Waals surface area contributed by atoms with Crippen LogP contribution in [0.3, 0.4) is 0 Å². The molecule has 0 aliphatic heterocycles. The summed E-state index contributed by atoms with van der Waals surface area (Å²) in [5.41, 5.74) is -0.0660. The fraction of sp³-hybridized carbons (Fsp3) is 0. The topological polar surface area (TPSA) is 57.5 Å². The quantitative estimate of drug-likeness (QED) is 0.681. The van der Waals surface area contributed by atoms with Gasteiger partial charge in [0, 0.05) is 0 Å². The van der Waals surface area contributed by atoms with Crippen LogP contribution >= 0.6 is 0 Å². The predicted octanol–water partition coefficient (Wildman–Crippen LogP) is 1.60. The number of benzene rings is 2. The molecule has 0 aromatic heterocycles. The number of aromatic hydroxyl groups is 1. The van der Waals surface area contributed by atoms with Gasteiger partial charge in [0.2, 0.25) is 0 Å². The van der Waals surface area contributed by atoms with Crippen LogP contribution in [-0.4, -0.2) is 35.0 Å². The minimum absolute atomic E-state index is 0. The van der Waals surface area contributed by atoms with Gasteiger partial charge in [-0.1, -0.05) is 24.3 Å². The molecule has 0 bridgehead atoms. The number of fused-ring (bicyclic) bond motifs is 1. The van der Waals surface area contributed by atoms with Gasteiger partial charge in [0.25, 0.3) is 0 Å². The molecule has 2 aromatic carbocycles. The fourth-order valence-corrected chi connectivity index (χ4v) is 1.40. The van der Waals surface area contributed by atoms with Crippen LogP contribution < -0.4 is 0 Å². The van der Waals surface area contributed by atoms with Crippen LogP contribution in [0.5, 0.6) is 5.75 Å². The molecule has 0 radical (unpaired) electrons. The molecule has 0 saturated carbocycles. The number of aromatic carboxylic acids is 1. The number of hydrogen-bond acceptors (Lipinski definition) is 2. The predicted molar refractivity (Wildman–Crippen MR) is 59.7 cm³/mol. The first kappa shape index (κ1) is 11.6. The summed E-state index contributed by atoms with van der Waals surface area (Å²) in [6.45, 7) is 0. The first-order chi connectivity index (χ1) is 6.68. The van der Waals surface area contributed by atoms with E-state index in [4.69, 9.17) is 5.11 Å². The summed E-state index contributed by atoms with van der Waals surface area (Å²) in [6, 6.07) is 10.2. The maximum absolute atomic E-state index is 10.7. The van der Waals surface area contributed by atoms with Gasteiger partial charge in [0.15, 0.2) is 0 Å². The summed E-state index contributed by atoms with van der Waals surface area (Å²) in [6.07, 6.45) is 0. The number of hydrogen-bond donors (Lipinski definition) is 2. The van der Waals surface area contributed by atoms with Gasteiger partial charge in [-0.3, -0.25) is 0 Å². The van der Waals surface area contributed by atoms with E-state index in [9.17, 15) is 9.90 Å². The van der Waals surface area contributed by atoms with Crippen LogP contribution in [0.25, 0.3) is 10.8 Å². The SMILES string of the molecule is O=C(O)c1cc2ccccc2cc1O.[LiH]. The normalized spacial score (nSPS) is 9.60. The Bertz CT molecular complexity index is 508. The molecule has 2 rings (SSSR count). The van der Waals surface area contributed by atoms with Crippen LogP contribution in [0, 0.1) is 0 Å². The maximum atomic E-state index is 10.7. The van der Waals surface area contributed by atoms with Crippen molar-refractivity contribution >= 4 is 35.6 Å². The van der Waals surface area contributed by atoms with Crippen molar-refractivity contribution in [3.63, 3.8) is 0 Å². The molecule has 0 atom stereocenters. The van der Waals surface area contributed by atoms with E-state index >= 15 is 0 Å². The van der Waals surface area contributed by atoms with Gasteiger partial charge >= 0.3 is 24.8 Å². The monoisotopic (exact) mass is 196 g/mol. The Morgan fingerprint density at radius 3 is 2.13 bits per heavy atom. The summed E-state index contributed by atoms with van der Waals surface area (Å²) in [7, 11) is 0. The van der Waals surface area contributed by atoms with Crippen LogP contribution in [-0.2, 0) is 0 Å². The summed E-state index contributed by atoms with van der Waals surface area (Å²) in [4.78, 5) is 10.7. The van der Waals surface area contributed by atoms with Crippen LogP contribution in [0.15, 0.2) is 36.4 Å². The average Bonchev–Trinajstić information content (AvgIpc) is 2.16. The van der Waals surface area contributed by atoms with E-state index in [2.05, 4.69) is 0 Å². The van der Waals surface area contributed by atoms with Gasteiger partial charge < -0.3 is 10.2 Å². The van der Waals surface area contributed by atoms with Crippen molar-refractivity contribution in [3.8, 4) is 5.75 Å². The molecule has 0 fully saturated rings. The van der Waals surface area contributed by atoms with Crippen LogP contribution in [0.2, 0.25) is 0 Å². The molecule has 72 valence electrons. The van der Waals surface area contributed by atoms with Crippen molar-refractivity contribution in [2.45, 2.75) is 0 Å². The molecule has 0 amide bonds. The second-order valence-electron chi connectivity index (χ2n) is 3.02. The zero-order chi connectivity index (χ0) is 10.1. The Kier molecular flexibility index (Phi) is 3.41. The molecule has 0 aliphatic rings. The van der Waals surface area contributed by atoms with Crippen LogP contribution in [0.4, 0.5) is 0 Å². The zero-order valence-electron chi connectivity index (χ0n) is 7.27. The average molecular weight is 196 g/mol. The van der Waals surface area contributed by atoms with E-state index in [0.29, 0.717) is 0 Å². The summed E-state index contributed by atoms with van der Waals surface area (Å²) in [5.74, 6) is -1.32. The number of carboxylic acid groups (broad SMARTS) is 1. The van der Waals surface area contributed by atoms with Gasteiger partial charge in [-0.2, -0.15) is 0 Å². The number of phenols is 1. The molecule has 15 heavy (non-hydrogen) atoms. The number of carbonyl (C=O) groups is 1. The van der Waals surface area contributed by atoms with E-state index in [-0.39, 0.29) is 30.2 Å². The summed E-state index contributed by atoms with van der Waals surface area (Å²) in [5, 5.41) is 19.8. The molecule has 0 heterocycles. The Labute approximate surface area is 98.5 Å². The number of carboxylic acids is 1. The Balaban J connectivity index is 0.00000112. The second kappa shape index (κ2) is 4.39. The van der Waals surface area contributed by atoms with Gasteiger partial charge in [0.1, 0.15) is 11.3 Å². The fourth-order valence-electron chi connectivity index (χ4n) is 1.40. The van der Waals surface area contributed by atoms with E-state index in [0.717, 1.165) is 10.8 Å². The Hall–Kier alpha value is -1.43. The van der Waals surface area contributed by atoms with Crippen molar-refractivity contribution in [1.29, 1.82) is 0 Å².